The van der Waals surface area contributed by atoms with Gasteiger partial charge in [-0.3, -0.25) is 14.4 Å². The smallest absolute Gasteiger partial charge is 0.246 e. The Morgan fingerprint density at radius 3 is 2.60 bits per heavy atom. The Morgan fingerprint density at radius 2 is 1.83 bits per heavy atom. The summed E-state index contributed by atoms with van der Waals surface area (Å²) in [5.41, 5.74) is 4.04. The van der Waals surface area contributed by atoms with E-state index in [1.807, 2.05) is 25.1 Å². The molecular formula is C34H34Cl2N6O5. The number of carbonyl (C=O) groups is 3. The van der Waals surface area contributed by atoms with Gasteiger partial charge in [0.2, 0.25) is 17.7 Å². The van der Waals surface area contributed by atoms with Gasteiger partial charge in [-0.05, 0) is 49.4 Å². The number of carbonyl (C=O) groups excluding carboxylic acids is 3. The molecule has 0 unspecified atom stereocenters. The fraction of sp³-hybridized carbons (Fsp3) is 0.265. The largest absolute Gasteiger partial charge is 0.487 e. The number of hydrogen-bond acceptors (Lipinski definition) is 8. The maximum absolute atomic E-state index is 13.0. The fourth-order valence-electron chi connectivity index (χ4n) is 5.07. The van der Waals surface area contributed by atoms with E-state index in [0.29, 0.717) is 46.7 Å². The van der Waals surface area contributed by atoms with Crippen LogP contribution in [0.3, 0.4) is 0 Å². The van der Waals surface area contributed by atoms with Crippen molar-refractivity contribution in [1.29, 1.82) is 0 Å². The number of ether oxygens (including phenoxy) is 2. The van der Waals surface area contributed by atoms with Gasteiger partial charge in [-0.15, -0.1) is 0 Å². The van der Waals surface area contributed by atoms with Gasteiger partial charge in [0.05, 0.1) is 36.2 Å². The first-order chi connectivity index (χ1) is 22.6. The topological polar surface area (TPSA) is 126 Å². The van der Waals surface area contributed by atoms with Gasteiger partial charge >= 0.3 is 0 Å². The van der Waals surface area contributed by atoms with Crippen molar-refractivity contribution in [2.24, 2.45) is 0 Å². The molecule has 244 valence electrons. The predicted octanol–water partition coefficient (Wildman–Crippen LogP) is 5.41. The van der Waals surface area contributed by atoms with E-state index in [1.165, 1.54) is 24.0 Å². The minimum Gasteiger partial charge on any atom is -0.487 e. The van der Waals surface area contributed by atoms with Crippen LogP contribution in [0, 0.1) is 6.92 Å². The number of rotatable bonds is 10. The van der Waals surface area contributed by atoms with Gasteiger partial charge in [0, 0.05) is 60.5 Å². The number of nitrogens with zero attached hydrogens (tertiary/aromatic N) is 4. The van der Waals surface area contributed by atoms with Gasteiger partial charge in [0.1, 0.15) is 23.7 Å². The number of fused-ring (bicyclic) bond motifs is 1. The predicted molar refractivity (Wildman–Crippen MR) is 184 cm³/mol. The molecule has 2 N–H and O–H groups in total. The lowest BCUT2D eigenvalue weighted by molar-refractivity contribution is -0.122. The molecule has 1 fully saturated rings. The molecular weight excluding hydrogens is 643 g/mol. The van der Waals surface area contributed by atoms with Gasteiger partial charge in [-0.2, -0.15) is 0 Å². The van der Waals surface area contributed by atoms with Crippen molar-refractivity contribution in [2.75, 3.05) is 55.0 Å². The van der Waals surface area contributed by atoms with Crippen LogP contribution in [0.2, 0.25) is 10.0 Å². The number of morpholine rings is 1. The average molecular weight is 678 g/mol. The lowest BCUT2D eigenvalue weighted by atomic mass is 10.1. The molecule has 0 bridgehead atoms. The number of benzene rings is 2. The summed E-state index contributed by atoms with van der Waals surface area (Å²) in [6.45, 7) is 6.01. The number of pyridine rings is 2. The van der Waals surface area contributed by atoms with E-state index in [0.717, 1.165) is 35.4 Å². The molecule has 4 aromatic rings. The second kappa shape index (κ2) is 15.3. The first kappa shape index (κ1) is 33.6. The molecule has 2 aromatic carbocycles. The molecule has 47 heavy (non-hydrogen) atoms. The molecule has 1 aliphatic heterocycles. The highest BCUT2D eigenvalue weighted by atomic mass is 35.5. The molecule has 0 saturated carbocycles. The average Bonchev–Trinajstić information content (AvgIpc) is 3.06. The van der Waals surface area contributed by atoms with Crippen LogP contribution in [-0.4, -0.2) is 67.6 Å². The SMILES string of the molecule is CC(=O)Nc1cccc(C=CC(=O)NCC(=O)N(C)c2ccc(Cl)c(COc3cccc4c(N5CCOCC5)cc(C)nc34)c2Cl)n1. The number of para-hydroxylation sites is 1. The normalized spacial score (nSPS) is 13.1. The molecule has 1 saturated heterocycles. The van der Waals surface area contributed by atoms with E-state index in [4.69, 9.17) is 37.7 Å². The molecule has 1 aliphatic rings. The Labute approximate surface area is 282 Å². The first-order valence-electron chi connectivity index (χ1n) is 14.9. The van der Waals surface area contributed by atoms with Crippen molar-refractivity contribution in [2.45, 2.75) is 20.5 Å². The maximum Gasteiger partial charge on any atom is 0.246 e. The first-order valence-corrected chi connectivity index (χ1v) is 15.7. The van der Waals surface area contributed by atoms with Crippen LogP contribution in [0.25, 0.3) is 17.0 Å². The van der Waals surface area contributed by atoms with Crippen LogP contribution in [0.1, 0.15) is 23.9 Å². The fourth-order valence-corrected chi connectivity index (χ4v) is 5.67. The molecule has 0 atom stereocenters. The third-order valence-corrected chi connectivity index (χ3v) is 8.20. The summed E-state index contributed by atoms with van der Waals surface area (Å²) >= 11 is 13.3. The number of aryl methyl sites for hydroxylation is 1. The third-order valence-electron chi connectivity index (χ3n) is 7.43. The Hall–Kier alpha value is -4.71. The number of aromatic nitrogens is 2. The molecule has 0 spiro atoms. The second-order valence-electron chi connectivity index (χ2n) is 10.8. The molecule has 0 aliphatic carbocycles. The number of nitrogens with one attached hydrogen (secondary N) is 2. The van der Waals surface area contributed by atoms with E-state index in [-0.39, 0.29) is 24.1 Å². The monoisotopic (exact) mass is 676 g/mol. The van der Waals surface area contributed by atoms with Crippen molar-refractivity contribution in [3.63, 3.8) is 0 Å². The molecule has 3 heterocycles. The van der Waals surface area contributed by atoms with Gasteiger partial charge < -0.3 is 29.9 Å². The van der Waals surface area contributed by atoms with Gasteiger partial charge in [0.15, 0.2) is 0 Å². The molecule has 0 radical (unpaired) electrons. The van der Waals surface area contributed by atoms with Gasteiger partial charge in [-0.1, -0.05) is 41.4 Å². The lowest BCUT2D eigenvalue weighted by Gasteiger charge is -2.30. The zero-order chi connectivity index (χ0) is 33.5. The minimum atomic E-state index is -0.495. The van der Waals surface area contributed by atoms with Crippen LogP contribution in [0.4, 0.5) is 17.2 Å². The van der Waals surface area contributed by atoms with Crippen LogP contribution < -0.4 is 25.2 Å². The number of likely N-dealkylation sites (N-methyl/N-ethyl adjacent to an activating group) is 1. The molecule has 11 nitrogen and oxygen atoms in total. The van der Waals surface area contributed by atoms with E-state index >= 15 is 0 Å². The standard InChI is InChI=1S/C34H34Cl2N6O5/c1-21-18-28(42-14-16-46-17-15-42)24-7-5-8-29(34(24)38-21)47-20-25-26(35)11-12-27(33(25)36)41(3)32(45)19-37-31(44)13-10-23-6-4-9-30(40-23)39-22(2)43/h4-13,18H,14-17,19-20H2,1-3H3,(H,37,44)(H,39,40,43). The molecule has 2 aromatic heterocycles. The highest BCUT2D eigenvalue weighted by Gasteiger charge is 2.21. The summed E-state index contributed by atoms with van der Waals surface area (Å²) in [5, 5.41) is 6.75. The minimum absolute atomic E-state index is 0.0356. The Kier molecular flexibility index (Phi) is 10.9. The summed E-state index contributed by atoms with van der Waals surface area (Å²) in [7, 11) is 1.56. The number of halogens is 2. The zero-order valence-corrected chi connectivity index (χ0v) is 27.7. The zero-order valence-electron chi connectivity index (χ0n) is 26.2. The van der Waals surface area contributed by atoms with Crippen LogP contribution in [-0.2, 0) is 25.7 Å². The van der Waals surface area contributed by atoms with Crippen molar-refractivity contribution < 1.29 is 23.9 Å². The Bertz CT molecular complexity index is 1840. The van der Waals surface area contributed by atoms with E-state index in [1.54, 1.807) is 37.4 Å². The Balaban J connectivity index is 1.25. The lowest BCUT2D eigenvalue weighted by Crippen LogP contribution is -2.37. The van der Waals surface area contributed by atoms with Crippen molar-refractivity contribution in [3.8, 4) is 5.75 Å². The highest BCUT2D eigenvalue weighted by molar-refractivity contribution is 6.38. The van der Waals surface area contributed by atoms with Crippen LogP contribution in [0.15, 0.2) is 60.7 Å². The molecule has 5 rings (SSSR count). The quantitative estimate of drug-likeness (QED) is 0.214. The van der Waals surface area contributed by atoms with Crippen molar-refractivity contribution >= 4 is 75.1 Å². The summed E-state index contributed by atoms with van der Waals surface area (Å²) in [4.78, 5) is 49.3. The van der Waals surface area contributed by atoms with Crippen molar-refractivity contribution in [1.82, 2.24) is 15.3 Å². The number of hydrogen-bond donors (Lipinski definition) is 2. The Morgan fingerprint density at radius 1 is 1.06 bits per heavy atom. The van der Waals surface area contributed by atoms with Crippen molar-refractivity contribution in [3.05, 3.63) is 87.7 Å². The number of amides is 3. The molecule has 13 heteroatoms. The summed E-state index contributed by atoms with van der Waals surface area (Å²) in [5.74, 6) is -0.211. The van der Waals surface area contributed by atoms with Crippen LogP contribution >= 0.6 is 23.2 Å². The van der Waals surface area contributed by atoms with E-state index in [9.17, 15) is 14.4 Å². The summed E-state index contributed by atoms with van der Waals surface area (Å²) < 4.78 is 11.8. The van der Waals surface area contributed by atoms with E-state index in [2.05, 4.69) is 26.6 Å². The molecule has 3 amide bonds. The van der Waals surface area contributed by atoms with Gasteiger partial charge in [0.25, 0.3) is 0 Å². The second-order valence-corrected chi connectivity index (χ2v) is 11.6. The third kappa shape index (κ3) is 8.37. The summed E-state index contributed by atoms with van der Waals surface area (Å²) in [6, 6.07) is 16.2. The maximum atomic E-state index is 13.0. The number of anilines is 3. The summed E-state index contributed by atoms with van der Waals surface area (Å²) in [6.07, 6.45) is 2.73. The van der Waals surface area contributed by atoms with Crippen LogP contribution in [0.5, 0.6) is 5.75 Å². The van der Waals surface area contributed by atoms with E-state index < -0.39 is 11.8 Å². The van der Waals surface area contributed by atoms with Gasteiger partial charge in [-0.25, -0.2) is 9.97 Å². The highest BCUT2D eigenvalue weighted by Crippen LogP contribution is 2.37.